The van der Waals surface area contributed by atoms with Gasteiger partial charge in [0.2, 0.25) is 0 Å². The van der Waals surface area contributed by atoms with Crippen LogP contribution in [0.3, 0.4) is 0 Å². The van der Waals surface area contributed by atoms with Crippen LogP contribution in [0.5, 0.6) is 0 Å². The molecular weight excluding hydrogens is 144 g/mol. The highest BCUT2D eigenvalue weighted by atomic mass is 14.5. The Bertz CT molecular complexity index is 145. The molecule has 0 spiro atoms. The second-order valence-electron chi connectivity index (χ2n) is 5.29. The van der Waals surface area contributed by atoms with E-state index in [4.69, 9.17) is 0 Å². The third-order valence-corrected chi connectivity index (χ3v) is 4.89. The zero-order valence-electron chi connectivity index (χ0n) is 7.97. The van der Waals surface area contributed by atoms with Crippen molar-refractivity contribution in [3.8, 4) is 0 Å². The van der Waals surface area contributed by atoms with Gasteiger partial charge in [0.05, 0.1) is 0 Å². The Morgan fingerprint density at radius 3 is 1.08 bits per heavy atom. The van der Waals surface area contributed by atoms with Gasteiger partial charge in [-0.2, -0.15) is 0 Å². The Kier molecular flexibility index (Phi) is 1.70. The summed E-state index contributed by atoms with van der Waals surface area (Å²) in [4.78, 5) is 0. The molecule has 0 aromatic rings. The number of hydrogen-bond donors (Lipinski definition) is 0. The lowest BCUT2D eigenvalue weighted by molar-refractivity contribution is -0.00862. The van der Waals surface area contributed by atoms with E-state index < -0.39 is 0 Å². The fraction of sp³-hybridized carbons (Fsp3) is 1.00. The standard InChI is InChI=1S/C12H20/c1-3-9(4-1)11-7-8-12(11)10-5-2-6-10/h9-12H,1-8H2. The van der Waals surface area contributed by atoms with Gasteiger partial charge in [-0.05, 0) is 36.5 Å². The molecule has 0 radical (unpaired) electrons. The quantitative estimate of drug-likeness (QED) is 0.585. The van der Waals surface area contributed by atoms with Crippen molar-refractivity contribution in [3.63, 3.8) is 0 Å². The predicted molar refractivity (Wildman–Crippen MR) is 50.9 cm³/mol. The normalized spacial score (nSPS) is 43.0. The Morgan fingerprint density at radius 1 is 0.500 bits per heavy atom. The summed E-state index contributed by atoms with van der Waals surface area (Å²) in [6.45, 7) is 0. The average Bonchev–Trinajstić information content (AvgIpc) is 1.84. The Morgan fingerprint density at radius 2 is 0.917 bits per heavy atom. The van der Waals surface area contributed by atoms with Gasteiger partial charge in [-0.3, -0.25) is 0 Å². The molecule has 0 aromatic carbocycles. The lowest BCUT2D eigenvalue weighted by atomic mass is 9.54. The fourth-order valence-electron chi connectivity index (χ4n) is 3.46. The summed E-state index contributed by atoms with van der Waals surface area (Å²) < 4.78 is 0. The number of hydrogen-bond acceptors (Lipinski definition) is 0. The van der Waals surface area contributed by atoms with E-state index >= 15 is 0 Å². The third kappa shape index (κ3) is 0.963. The highest BCUT2D eigenvalue weighted by molar-refractivity contribution is 4.94. The molecule has 2 atom stereocenters. The van der Waals surface area contributed by atoms with Crippen LogP contribution < -0.4 is 0 Å². The average molecular weight is 164 g/mol. The topological polar surface area (TPSA) is 0 Å². The van der Waals surface area contributed by atoms with Gasteiger partial charge in [-0.1, -0.05) is 38.5 Å². The summed E-state index contributed by atoms with van der Waals surface area (Å²) in [7, 11) is 0. The van der Waals surface area contributed by atoms with E-state index in [1.165, 1.54) is 23.7 Å². The number of rotatable bonds is 2. The van der Waals surface area contributed by atoms with Crippen LogP contribution in [0.1, 0.15) is 51.4 Å². The molecule has 0 N–H and O–H groups in total. The Hall–Kier alpha value is 0. The predicted octanol–water partition coefficient (Wildman–Crippen LogP) is 3.61. The highest BCUT2D eigenvalue weighted by Crippen LogP contribution is 2.54. The van der Waals surface area contributed by atoms with Crippen molar-refractivity contribution in [3.05, 3.63) is 0 Å². The Labute approximate surface area is 75.7 Å². The molecule has 0 heteroatoms. The molecule has 0 bridgehead atoms. The van der Waals surface area contributed by atoms with Gasteiger partial charge >= 0.3 is 0 Å². The summed E-state index contributed by atoms with van der Waals surface area (Å²) in [6, 6.07) is 0. The molecule has 68 valence electrons. The molecule has 0 saturated heterocycles. The summed E-state index contributed by atoms with van der Waals surface area (Å²) in [5.41, 5.74) is 0. The zero-order valence-corrected chi connectivity index (χ0v) is 7.97. The summed E-state index contributed by atoms with van der Waals surface area (Å²) in [6.07, 6.45) is 12.6. The van der Waals surface area contributed by atoms with Crippen LogP contribution in [0.15, 0.2) is 0 Å². The van der Waals surface area contributed by atoms with Gasteiger partial charge in [0, 0.05) is 0 Å². The van der Waals surface area contributed by atoms with E-state index in [1.807, 2.05) is 0 Å². The van der Waals surface area contributed by atoms with Gasteiger partial charge in [-0.15, -0.1) is 0 Å². The summed E-state index contributed by atoms with van der Waals surface area (Å²) >= 11 is 0. The van der Waals surface area contributed by atoms with Gasteiger partial charge < -0.3 is 0 Å². The van der Waals surface area contributed by atoms with E-state index in [1.54, 1.807) is 51.4 Å². The van der Waals surface area contributed by atoms with Gasteiger partial charge in [0.15, 0.2) is 0 Å². The first-order chi connectivity index (χ1) is 5.95. The fourth-order valence-corrected chi connectivity index (χ4v) is 3.46. The molecule has 3 aliphatic carbocycles. The molecular formula is C12H20. The van der Waals surface area contributed by atoms with Crippen molar-refractivity contribution >= 4 is 0 Å². The molecule has 2 unspecified atom stereocenters. The van der Waals surface area contributed by atoms with Crippen molar-refractivity contribution in [2.24, 2.45) is 23.7 Å². The first-order valence-corrected chi connectivity index (χ1v) is 5.95. The minimum atomic E-state index is 1.18. The van der Waals surface area contributed by atoms with E-state index in [-0.39, 0.29) is 0 Å². The van der Waals surface area contributed by atoms with Crippen LogP contribution in [0.4, 0.5) is 0 Å². The summed E-state index contributed by atoms with van der Waals surface area (Å²) in [5, 5.41) is 0. The van der Waals surface area contributed by atoms with E-state index in [0.717, 1.165) is 0 Å². The van der Waals surface area contributed by atoms with E-state index in [2.05, 4.69) is 0 Å². The van der Waals surface area contributed by atoms with Gasteiger partial charge in [0.25, 0.3) is 0 Å². The molecule has 0 heterocycles. The lowest BCUT2D eigenvalue weighted by Crippen LogP contribution is -2.41. The minimum absolute atomic E-state index is 1.18. The lowest BCUT2D eigenvalue weighted by Gasteiger charge is -2.51. The second-order valence-corrected chi connectivity index (χ2v) is 5.29. The SMILES string of the molecule is C1CC(C2CCC2C2CCC2)C1. The first kappa shape index (κ1) is 7.41. The van der Waals surface area contributed by atoms with Crippen LogP contribution in [-0.4, -0.2) is 0 Å². The molecule has 0 nitrogen and oxygen atoms in total. The molecule has 3 aliphatic rings. The molecule has 12 heavy (non-hydrogen) atoms. The van der Waals surface area contributed by atoms with Crippen molar-refractivity contribution in [1.29, 1.82) is 0 Å². The maximum absolute atomic E-state index is 1.59. The van der Waals surface area contributed by atoms with Crippen LogP contribution in [0.2, 0.25) is 0 Å². The smallest absolute Gasteiger partial charge is 0.0355 e. The third-order valence-electron chi connectivity index (χ3n) is 4.89. The molecule has 3 saturated carbocycles. The first-order valence-electron chi connectivity index (χ1n) is 5.95. The maximum Gasteiger partial charge on any atom is -0.0355 e. The van der Waals surface area contributed by atoms with Crippen molar-refractivity contribution < 1.29 is 0 Å². The molecule has 0 aliphatic heterocycles. The summed E-state index contributed by atoms with van der Waals surface area (Å²) in [5.74, 6) is 4.77. The van der Waals surface area contributed by atoms with E-state index in [9.17, 15) is 0 Å². The van der Waals surface area contributed by atoms with Crippen LogP contribution in [-0.2, 0) is 0 Å². The molecule has 0 aromatic heterocycles. The molecule has 3 fully saturated rings. The second kappa shape index (κ2) is 2.75. The molecule has 0 amide bonds. The van der Waals surface area contributed by atoms with Gasteiger partial charge in [-0.25, -0.2) is 0 Å². The molecule has 3 rings (SSSR count). The Balaban J connectivity index is 1.57. The van der Waals surface area contributed by atoms with Crippen molar-refractivity contribution in [2.75, 3.05) is 0 Å². The zero-order chi connectivity index (χ0) is 7.97. The van der Waals surface area contributed by atoms with E-state index in [0.29, 0.717) is 0 Å². The monoisotopic (exact) mass is 164 g/mol. The maximum atomic E-state index is 1.59. The largest absolute Gasteiger partial charge is 0.0528 e. The van der Waals surface area contributed by atoms with Crippen LogP contribution in [0, 0.1) is 23.7 Å². The van der Waals surface area contributed by atoms with Crippen LogP contribution >= 0.6 is 0 Å². The highest BCUT2D eigenvalue weighted by Gasteiger charge is 2.44. The van der Waals surface area contributed by atoms with Crippen molar-refractivity contribution in [1.82, 2.24) is 0 Å². The van der Waals surface area contributed by atoms with Gasteiger partial charge in [0.1, 0.15) is 0 Å². The minimum Gasteiger partial charge on any atom is -0.0528 e. The van der Waals surface area contributed by atoms with Crippen molar-refractivity contribution in [2.45, 2.75) is 51.4 Å². The van der Waals surface area contributed by atoms with Crippen LogP contribution in [0.25, 0.3) is 0 Å².